The summed E-state index contributed by atoms with van der Waals surface area (Å²) in [5.41, 5.74) is -0.0177. The van der Waals surface area contributed by atoms with Crippen LogP contribution in [0.2, 0.25) is 0 Å². The van der Waals surface area contributed by atoms with Gasteiger partial charge in [-0.15, -0.1) is 0 Å². The van der Waals surface area contributed by atoms with Gasteiger partial charge in [0.05, 0.1) is 18.5 Å². The van der Waals surface area contributed by atoms with Crippen LogP contribution in [0.4, 0.5) is 13.2 Å². The van der Waals surface area contributed by atoms with E-state index in [9.17, 15) is 22.8 Å². The SMILES string of the molecule is CC(C)[C@]1(C)CC(=O)N([C@H](C)c2cc(F)cc(C(=O)N[C@@H](C)c3cc(F)cc(F)c3)c2)C(=N)N1. The molecule has 0 aliphatic carbocycles. The molecule has 182 valence electrons. The predicted octanol–water partition coefficient (Wildman–Crippen LogP) is 4.83. The molecule has 6 nitrogen and oxygen atoms in total. The van der Waals surface area contributed by atoms with Crippen molar-refractivity contribution in [2.75, 3.05) is 0 Å². The van der Waals surface area contributed by atoms with Gasteiger partial charge in [-0.2, -0.15) is 0 Å². The first-order valence-electron chi connectivity index (χ1n) is 11.1. The summed E-state index contributed by atoms with van der Waals surface area (Å²) >= 11 is 0. The van der Waals surface area contributed by atoms with Crippen LogP contribution in [0.15, 0.2) is 36.4 Å². The van der Waals surface area contributed by atoms with Crippen LogP contribution in [0, 0.1) is 28.8 Å². The van der Waals surface area contributed by atoms with Crippen molar-refractivity contribution in [3.8, 4) is 0 Å². The number of carbonyl (C=O) groups is 2. The smallest absolute Gasteiger partial charge is 0.251 e. The molecule has 3 rings (SSSR count). The molecule has 1 aliphatic heterocycles. The van der Waals surface area contributed by atoms with Crippen molar-refractivity contribution in [1.82, 2.24) is 15.5 Å². The Labute approximate surface area is 197 Å². The number of guanidine groups is 1. The Morgan fingerprint density at radius 3 is 2.12 bits per heavy atom. The first-order chi connectivity index (χ1) is 15.8. The minimum absolute atomic E-state index is 0.0125. The molecule has 0 bridgehead atoms. The maximum atomic E-state index is 14.5. The van der Waals surface area contributed by atoms with E-state index >= 15 is 0 Å². The molecule has 0 saturated carbocycles. The lowest BCUT2D eigenvalue weighted by Gasteiger charge is -2.45. The van der Waals surface area contributed by atoms with Crippen LogP contribution in [0.5, 0.6) is 0 Å². The van der Waals surface area contributed by atoms with Gasteiger partial charge in [-0.3, -0.25) is 19.9 Å². The molecule has 1 saturated heterocycles. The molecule has 1 heterocycles. The maximum Gasteiger partial charge on any atom is 0.251 e. The zero-order chi connectivity index (χ0) is 25.4. The van der Waals surface area contributed by atoms with E-state index in [1.165, 1.54) is 17.0 Å². The van der Waals surface area contributed by atoms with Gasteiger partial charge in [0, 0.05) is 17.2 Å². The van der Waals surface area contributed by atoms with Crippen LogP contribution in [-0.2, 0) is 4.79 Å². The topological polar surface area (TPSA) is 85.3 Å². The van der Waals surface area contributed by atoms with Crippen molar-refractivity contribution in [3.05, 3.63) is 70.5 Å². The van der Waals surface area contributed by atoms with Crippen LogP contribution in [0.3, 0.4) is 0 Å². The van der Waals surface area contributed by atoms with Gasteiger partial charge in [-0.25, -0.2) is 13.2 Å². The van der Waals surface area contributed by atoms with Crippen LogP contribution in [-0.4, -0.2) is 28.2 Å². The number of rotatable bonds is 6. The molecule has 2 aromatic carbocycles. The molecule has 1 aliphatic rings. The van der Waals surface area contributed by atoms with E-state index in [1.54, 1.807) is 13.8 Å². The second-order valence-electron chi connectivity index (χ2n) is 9.33. The Morgan fingerprint density at radius 1 is 1.00 bits per heavy atom. The molecule has 9 heteroatoms. The predicted molar refractivity (Wildman–Crippen MR) is 123 cm³/mol. The quantitative estimate of drug-likeness (QED) is 0.561. The van der Waals surface area contributed by atoms with Crippen LogP contribution < -0.4 is 10.6 Å². The number of benzene rings is 2. The third-order valence-electron chi connectivity index (χ3n) is 6.49. The number of amides is 2. The van der Waals surface area contributed by atoms with Crippen LogP contribution >= 0.6 is 0 Å². The second kappa shape index (κ2) is 9.48. The summed E-state index contributed by atoms with van der Waals surface area (Å²) in [5, 5.41) is 14.1. The standard InChI is InChI=1S/C25H29F3N4O2/c1-13(2)25(5)12-22(33)32(24(29)31-25)15(4)17-6-18(10-19(26)9-17)23(34)30-14(3)16-7-20(27)11-21(28)8-16/h6-11,13-15H,12H2,1-5H3,(H2,29,31)(H,30,34)/t14-,15+,25-/m0/s1. The average molecular weight is 475 g/mol. The highest BCUT2D eigenvalue weighted by molar-refractivity contribution is 6.00. The van der Waals surface area contributed by atoms with E-state index in [4.69, 9.17) is 5.41 Å². The number of hydrogen-bond acceptors (Lipinski definition) is 3. The van der Waals surface area contributed by atoms with Gasteiger partial charge in [0.15, 0.2) is 5.96 Å². The highest BCUT2D eigenvalue weighted by atomic mass is 19.1. The van der Waals surface area contributed by atoms with Crippen molar-refractivity contribution >= 4 is 17.8 Å². The van der Waals surface area contributed by atoms with E-state index in [2.05, 4.69) is 10.6 Å². The average Bonchev–Trinajstić information content (AvgIpc) is 2.71. The fourth-order valence-electron chi connectivity index (χ4n) is 3.98. The summed E-state index contributed by atoms with van der Waals surface area (Å²) in [6.07, 6.45) is 0.168. The van der Waals surface area contributed by atoms with Gasteiger partial charge in [0.2, 0.25) is 5.91 Å². The lowest BCUT2D eigenvalue weighted by Crippen LogP contribution is -2.63. The Kier molecular flexibility index (Phi) is 7.05. The first kappa shape index (κ1) is 25.3. The number of carbonyl (C=O) groups excluding carboxylic acids is 2. The second-order valence-corrected chi connectivity index (χ2v) is 9.33. The molecule has 0 aromatic heterocycles. The summed E-state index contributed by atoms with van der Waals surface area (Å²) in [5.74, 6) is -3.12. The zero-order valence-corrected chi connectivity index (χ0v) is 19.8. The van der Waals surface area contributed by atoms with E-state index in [0.717, 1.165) is 24.3 Å². The molecular formula is C25H29F3N4O2. The normalized spacial score (nSPS) is 20.2. The molecule has 34 heavy (non-hydrogen) atoms. The van der Waals surface area contributed by atoms with E-state index in [1.807, 2.05) is 20.8 Å². The molecule has 3 atom stereocenters. The fourth-order valence-corrected chi connectivity index (χ4v) is 3.98. The Bertz CT molecular complexity index is 1100. The molecule has 1 fully saturated rings. The van der Waals surface area contributed by atoms with Crippen molar-refractivity contribution in [1.29, 1.82) is 5.41 Å². The summed E-state index contributed by atoms with van der Waals surface area (Å²) in [6.45, 7) is 9.01. The van der Waals surface area contributed by atoms with Gasteiger partial charge in [0.25, 0.3) is 5.91 Å². The summed E-state index contributed by atoms with van der Waals surface area (Å²) in [7, 11) is 0. The molecule has 2 amide bonds. The van der Waals surface area contributed by atoms with Gasteiger partial charge >= 0.3 is 0 Å². The maximum absolute atomic E-state index is 14.5. The van der Waals surface area contributed by atoms with Gasteiger partial charge in [-0.05, 0) is 68.1 Å². The molecular weight excluding hydrogens is 445 g/mol. The molecule has 0 spiro atoms. The summed E-state index contributed by atoms with van der Waals surface area (Å²) < 4.78 is 41.5. The van der Waals surface area contributed by atoms with Crippen molar-refractivity contribution < 1.29 is 22.8 Å². The Morgan fingerprint density at radius 2 is 1.56 bits per heavy atom. The van der Waals surface area contributed by atoms with Crippen LogP contribution in [0.25, 0.3) is 0 Å². The van der Waals surface area contributed by atoms with E-state index in [0.29, 0.717) is 5.56 Å². The largest absolute Gasteiger partial charge is 0.350 e. The minimum atomic E-state index is -0.770. The Hall–Kier alpha value is -3.36. The minimum Gasteiger partial charge on any atom is -0.350 e. The highest BCUT2D eigenvalue weighted by Gasteiger charge is 2.42. The van der Waals surface area contributed by atoms with Gasteiger partial charge in [0.1, 0.15) is 17.5 Å². The van der Waals surface area contributed by atoms with Crippen molar-refractivity contribution in [2.45, 2.75) is 58.7 Å². The molecule has 2 aromatic rings. The summed E-state index contributed by atoms with van der Waals surface area (Å²) in [6, 6.07) is 5.20. The van der Waals surface area contributed by atoms with Crippen LogP contribution in [0.1, 0.15) is 74.6 Å². The first-order valence-corrected chi connectivity index (χ1v) is 11.1. The molecule has 0 unspecified atom stereocenters. The number of nitrogens with zero attached hydrogens (tertiary/aromatic N) is 1. The summed E-state index contributed by atoms with van der Waals surface area (Å²) in [4.78, 5) is 27.0. The third kappa shape index (κ3) is 5.24. The van der Waals surface area contributed by atoms with Crippen molar-refractivity contribution in [2.24, 2.45) is 5.92 Å². The highest BCUT2D eigenvalue weighted by Crippen LogP contribution is 2.31. The number of nitrogens with one attached hydrogen (secondary N) is 3. The molecule has 0 radical (unpaired) electrons. The Balaban J connectivity index is 1.82. The lowest BCUT2D eigenvalue weighted by atomic mass is 9.83. The zero-order valence-electron chi connectivity index (χ0n) is 19.8. The fraction of sp³-hybridized carbons (Fsp3) is 0.400. The monoisotopic (exact) mass is 474 g/mol. The lowest BCUT2D eigenvalue weighted by molar-refractivity contribution is -0.132. The van der Waals surface area contributed by atoms with E-state index < -0.39 is 41.0 Å². The van der Waals surface area contributed by atoms with Gasteiger partial charge < -0.3 is 10.6 Å². The number of hydrogen-bond donors (Lipinski definition) is 3. The third-order valence-corrected chi connectivity index (χ3v) is 6.49. The van der Waals surface area contributed by atoms with E-state index in [-0.39, 0.29) is 35.3 Å². The number of halogens is 3. The van der Waals surface area contributed by atoms with Gasteiger partial charge in [-0.1, -0.05) is 13.8 Å². The van der Waals surface area contributed by atoms with Crippen molar-refractivity contribution in [3.63, 3.8) is 0 Å². The molecule has 3 N–H and O–H groups in total.